The number of ketones is 1. The van der Waals surface area contributed by atoms with Crippen molar-refractivity contribution in [3.63, 3.8) is 0 Å². The van der Waals surface area contributed by atoms with Crippen LogP contribution in [0.4, 0.5) is 13.2 Å². The van der Waals surface area contributed by atoms with Crippen molar-refractivity contribution in [2.75, 3.05) is 6.61 Å². The summed E-state index contributed by atoms with van der Waals surface area (Å²) in [5, 5.41) is 0. The van der Waals surface area contributed by atoms with Gasteiger partial charge in [-0.05, 0) is 59.4 Å². The first-order valence-corrected chi connectivity index (χ1v) is 16.6. The molecule has 6 nitrogen and oxygen atoms in total. The average molecular weight is 655 g/mol. The third-order valence-corrected chi connectivity index (χ3v) is 7.82. The Hall–Kier alpha value is -3.98. The molecule has 0 bridgehead atoms. The van der Waals surface area contributed by atoms with E-state index < -0.39 is 36.4 Å². The maximum Gasteiger partial charge on any atom is 0.425 e. The van der Waals surface area contributed by atoms with Gasteiger partial charge in [-0.25, -0.2) is 9.59 Å². The molecule has 0 amide bonds. The van der Waals surface area contributed by atoms with E-state index in [1.165, 1.54) is 31.4 Å². The van der Waals surface area contributed by atoms with Crippen LogP contribution in [0.3, 0.4) is 0 Å². The summed E-state index contributed by atoms with van der Waals surface area (Å²) in [6, 6.07) is 20.4. The van der Waals surface area contributed by atoms with E-state index in [9.17, 15) is 27.6 Å². The number of hydrogen-bond acceptors (Lipinski definition) is 6. The molecule has 0 aliphatic carbocycles. The van der Waals surface area contributed by atoms with Gasteiger partial charge in [-0.2, -0.15) is 18.1 Å². The van der Waals surface area contributed by atoms with Crippen LogP contribution < -0.4 is 0 Å². The van der Waals surface area contributed by atoms with Crippen molar-refractivity contribution in [3.05, 3.63) is 83.9 Å². The molecule has 0 fully saturated rings. The smallest absolute Gasteiger partial charge is 0.425 e. The van der Waals surface area contributed by atoms with E-state index in [1.807, 2.05) is 37.3 Å². The molecule has 1 unspecified atom stereocenters. The molecule has 47 heavy (non-hydrogen) atoms. The SMILES string of the molecule is CCCCCCCCOOC(=O)c1ccc(-c2ccccc2)c(-c2ccc(C(=O)OC(CC(=O)CCCCCC)C(F)(F)F)cc2)c1. The monoisotopic (exact) mass is 654 g/mol. The molecule has 0 heterocycles. The van der Waals surface area contributed by atoms with Gasteiger partial charge in [0, 0.05) is 6.42 Å². The summed E-state index contributed by atoms with van der Waals surface area (Å²) in [5.74, 6) is -2.43. The lowest BCUT2D eigenvalue weighted by Gasteiger charge is -2.20. The van der Waals surface area contributed by atoms with Crippen molar-refractivity contribution in [1.29, 1.82) is 0 Å². The van der Waals surface area contributed by atoms with Crippen molar-refractivity contribution in [2.45, 2.75) is 103 Å². The summed E-state index contributed by atoms with van der Waals surface area (Å²) < 4.78 is 45.9. The molecule has 0 aliphatic heterocycles. The molecule has 0 radical (unpaired) electrons. The molecule has 0 saturated carbocycles. The number of rotatable bonds is 20. The molecule has 3 rings (SSSR count). The number of ether oxygens (including phenoxy) is 1. The van der Waals surface area contributed by atoms with Gasteiger partial charge >= 0.3 is 18.1 Å². The first-order valence-electron chi connectivity index (χ1n) is 16.6. The molecule has 0 N–H and O–H groups in total. The quantitative estimate of drug-likeness (QED) is 0.0522. The van der Waals surface area contributed by atoms with Crippen molar-refractivity contribution in [1.82, 2.24) is 0 Å². The second-order valence-electron chi connectivity index (χ2n) is 11.7. The van der Waals surface area contributed by atoms with Crippen LogP contribution in [0.15, 0.2) is 72.8 Å². The minimum atomic E-state index is -4.88. The van der Waals surface area contributed by atoms with E-state index in [0.717, 1.165) is 49.7 Å². The molecule has 0 aliphatic rings. The Labute approximate surface area is 275 Å². The minimum absolute atomic E-state index is 0.0143. The first-order chi connectivity index (χ1) is 22.6. The van der Waals surface area contributed by atoms with Crippen LogP contribution in [-0.2, 0) is 19.3 Å². The van der Waals surface area contributed by atoms with E-state index in [4.69, 9.17) is 14.5 Å². The molecule has 1 atom stereocenters. The van der Waals surface area contributed by atoms with Gasteiger partial charge in [0.1, 0.15) is 5.78 Å². The lowest BCUT2D eigenvalue weighted by molar-refractivity contribution is -0.241. The predicted molar refractivity (Wildman–Crippen MR) is 176 cm³/mol. The third-order valence-electron chi connectivity index (χ3n) is 7.82. The summed E-state index contributed by atoms with van der Waals surface area (Å²) in [6.07, 6.45) is 1.21. The average Bonchev–Trinajstić information content (AvgIpc) is 3.07. The van der Waals surface area contributed by atoms with E-state index in [1.54, 1.807) is 30.3 Å². The largest absolute Gasteiger partial charge is 0.449 e. The molecule has 254 valence electrons. The van der Waals surface area contributed by atoms with Gasteiger partial charge in [0.2, 0.25) is 6.10 Å². The molecule has 3 aromatic carbocycles. The van der Waals surface area contributed by atoms with Crippen LogP contribution in [0.2, 0.25) is 0 Å². The Kier molecular flexibility index (Phi) is 15.7. The second kappa shape index (κ2) is 19.6. The molecule has 0 saturated heterocycles. The number of esters is 1. The normalized spacial score (nSPS) is 12.0. The molecular weight excluding hydrogens is 609 g/mol. The van der Waals surface area contributed by atoms with Gasteiger partial charge in [-0.3, -0.25) is 9.68 Å². The summed E-state index contributed by atoms with van der Waals surface area (Å²) in [7, 11) is 0. The zero-order valence-electron chi connectivity index (χ0n) is 27.3. The molecule has 9 heteroatoms. The van der Waals surface area contributed by atoms with Crippen LogP contribution in [0.5, 0.6) is 0 Å². The lowest BCUT2D eigenvalue weighted by atomic mass is 9.92. The van der Waals surface area contributed by atoms with Crippen LogP contribution in [0.1, 0.15) is 112 Å². The van der Waals surface area contributed by atoms with Gasteiger partial charge in [0.05, 0.1) is 24.2 Å². The number of unbranched alkanes of at least 4 members (excludes halogenated alkanes) is 8. The van der Waals surface area contributed by atoms with E-state index >= 15 is 0 Å². The number of benzene rings is 3. The summed E-state index contributed by atoms with van der Waals surface area (Å²) in [4.78, 5) is 48.0. The number of hydrogen-bond donors (Lipinski definition) is 0. The highest BCUT2D eigenvalue weighted by molar-refractivity contribution is 5.95. The molecule has 3 aromatic rings. The van der Waals surface area contributed by atoms with E-state index in [-0.39, 0.29) is 17.5 Å². The number of halogens is 3. The van der Waals surface area contributed by atoms with Crippen LogP contribution in [-0.4, -0.2) is 36.6 Å². The molecule has 0 aromatic heterocycles. The Bertz CT molecular complexity index is 1400. The fourth-order valence-electron chi connectivity index (χ4n) is 5.13. The highest BCUT2D eigenvalue weighted by Gasteiger charge is 2.44. The Morgan fingerprint density at radius 2 is 1.26 bits per heavy atom. The second-order valence-corrected chi connectivity index (χ2v) is 11.7. The van der Waals surface area contributed by atoms with Crippen molar-refractivity contribution < 1.29 is 42.1 Å². The minimum Gasteiger partial charge on any atom is -0.449 e. The Balaban J connectivity index is 1.73. The summed E-state index contributed by atoms with van der Waals surface area (Å²) in [6.45, 7) is 4.45. The molecular formula is C38H45F3O6. The standard InChI is InChI=1S/C38H45F3O6/c1-3-5-7-9-10-15-25-45-47-37(44)31-23-24-33(28-16-12-11-13-17-28)34(26-31)29-19-21-30(22-20-29)36(43)46-35(38(39,40)41)27-32(42)18-14-8-6-4-2/h11-13,16-17,19-24,26,35H,3-10,14-15,18,25,27H2,1-2H3. The highest BCUT2D eigenvalue weighted by Crippen LogP contribution is 2.34. The van der Waals surface area contributed by atoms with Crippen LogP contribution >= 0.6 is 0 Å². The van der Waals surface area contributed by atoms with Gasteiger partial charge in [0.15, 0.2) is 0 Å². The van der Waals surface area contributed by atoms with Gasteiger partial charge < -0.3 is 4.74 Å². The highest BCUT2D eigenvalue weighted by atomic mass is 19.4. The van der Waals surface area contributed by atoms with Gasteiger partial charge in [-0.15, -0.1) is 0 Å². The summed E-state index contributed by atoms with van der Waals surface area (Å²) >= 11 is 0. The maximum absolute atomic E-state index is 13.7. The lowest BCUT2D eigenvalue weighted by Crippen LogP contribution is -2.35. The summed E-state index contributed by atoms with van der Waals surface area (Å²) in [5.41, 5.74) is 3.07. The maximum atomic E-state index is 13.7. The number of alkyl halides is 3. The van der Waals surface area contributed by atoms with Crippen LogP contribution in [0.25, 0.3) is 22.3 Å². The van der Waals surface area contributed by atoms with Gasteiger partial charge in [0.25, 0.3) is 0 Å². The number of Topliss-reactive ketones (excluding diaryl/α,β-unsaturated/α-hetero) is 1. The van der Waals surface area contributed by atoms with E-state index in [0.29, 0.717) is 24.2 Å². The van der Waals surface area contributed by atoms with Crippen molar-refractivity contribution >= 4 is 17.7 Å². The predicted octanol–water partition coefficient (Wildman–Crippen LogP) is 10.5. The molecule has 0 spiro atoms. The fourth-order valence-corrected chi connectivity index (χ4v) is 5.13. The number of carbonyl (C=O) groups is 3. The van der Waals surface area contributed by atoms with Crippen molar-refractivity contribution in [2.24, 2.45) is 0 Å². The van der Waals surface area contributed by atoms with Crippen molar-refractivity contribution in [3.8, 4) is 22.3 Å². The topological polar surface area (TPSA) is 78.9 Å². The zero-order chi connectivity index (χ0) is 34.1. The number of carbonyl (C=O) groups excluding carboxylic acids is 3. The Morgan fingerprint density at radius 3 is 1.91 bits per heavy atom. The first kappa shape index (κ1) is 37.5. The third kappa shape index (κ3) is 12.6. The van der Waals surface area contributed by atoms with Crippen LogP contribution in [0, 0.1) is 0 Å². The fraction of sp³-hybridized carbons (Fsp3) is 0.447. The van der Waals surface area contributed by atoms with E-state index in [2.05, 4.69) is 6.92 Å². The van der Waals surface area contributed by atoms with Gasteiger partial charge in [-0.1, -0.05) is 114 Å². The zero-order valence-corrected chi connectivity index (χ0v) is 27.3. The Morgan fingerprint density at radius 1 is 0.660 bits per heavy atom.